The molecule has 2 amide bonds. The Morgan fingerprint density at radius 1 is 0.882 bits per heavy atom. The van der Waals surface area contributed by atoms with Gasteiger partial charge >= 0.3 is 6.03 Å². The van der Waals surface area contributed by atoms with Gasteiger partial charge in [-0.25, -0.2) is 9.78 Å². The Morgan fingerprint density at radius 3 is 2.29 bits per heavy atom. The second-order valence-corrected chi connectivity index (χ2v) is 8.95. The molecule has 4 aromatic rings. The van der Waals surface area contributed by atoms with Gasteiger partial charge in [0.15, 0.2) is 0 Å². The van der Waals surface area contributed by atoms with Crippen LogP contribution in [0.25, 0.3) is 10.8 Å². The fourth-order valence-corrected chi connectivity index (χ4v) is 3.62. The number of methoxy groups -OCH3 is 1. The minimum atomic E-state index is -0.366. The number of carbonyl (C=O) groups excluding carboxylic acids is 1. The average Bonchev–Trinajstić information content (AvgIpc) is 2.80. The van der Waals surface area contributed by atoms with E-state index >= 15 is 0 Å². The smallest absolute Gasteiger partial charge is 0.323 e. The first-order valence-corrected chi connectivity index (χ1v) is 11.0. The number of benzene rings is 3. The van der Waals surface area contributed by atoms with Crippen LogP contribution in [0.3, 0.4) is 0 Å². The zero-order valence-electron chi connectivity index (χ0n) is 20.0. The van der Waals surface area contributed by atoms with E-state index in [2.05, 4.69) is 41.4 Å². The van der Waals surface area contributed by atoms with Crippen LogP contribution in [0.5, 0.6) is 17.4 Å². The molecule has 0 aliphatic heterocycles. The van der Waals surface area contributed by atoms with Crippen molar-refractivity contribution in [3.05, 3.63) is 78.2 Å². The molecule has 0 fully saturated rings. The van der Waals surface area contributed by atoms with Crippen molar-refractivity contribution >= 4 is 28.2 Å². The Kier molecular flexibility index (Phi) is 6.36. The lowest BCUT2D eigenvalue weighted by atomic mass is 9.87. The zero-order chi connectivity index (χ0) is 24.3. The van der Waals surface area contributed by atoms with Gasteiger partial charge in [0.1, 0.15) is 17.3 Å². The number of urea groups is 1. The summed E-state index contributed by atoms with van der Waals surface area (Å²) < 4.78 is 11.5. The van der Waals surface area contributed by atoms with Gasteiger partial charge in [-0.05, 0) is 42.2 Å². The van der Waals surface area contributed by atoms with Crippen LogP contribution < -0.4 is 20.1 Å². The molecule has 0 atom stereocenters. The molecule has 0 aliphatic carbocycles. The standard InChI is InChI=1S/C27H28N4O3/c1-17-28-15-14-25(29-17)34-23-13-11-21(19-8-6-7-9-20(19)23)30-26(32)31-22-16-18(27(2,3)4)10-12-24(22)33-5/h6-16H,1-5H3,(H2,30,31,32). The van der Waals surface area contributed by atoms with E-state index in [4.69, 9.17) is 9.47 Å². The minimum absolute atomic E-state index is 0.0621. The first-order chi connectivity index (χ1) is 16.2. The van der Waals surface area contributed by atoms with Gasteiger partial charge < -0.3 is 20.1 Å². The number of hydrogen-bond acceptors (Lipinski definition) is 5. The normalized spacial score (nSPS) is 11.2. The van der Waals surface area contributed by atoms with Crippen LogP contribution in [0.2, 0.25) is 0 Å². The van der Waals surface area contributed by atoms with Crippen LogP contribution in [0.4, 0.5) is 16.2 Å². The van der Waals surface area contributed by atoms with Gasteiger partial charge in [0.25, 0.3) is 0 Å². The number of aromatic nitrogens is 2. The van der Waals surface area contributed by atoms with Crippen molar-refractivity contribution in [3.63, 3.8) is 0 Å². The number of ether oxygens (including phenoxy) is 2. The lowest BCUT2D eigenvalue weighted by Gasteiger charge is -2.21. The van der Waals surface area contributed by atoms with E-state index in [1.54, 1.807) is 19.4 Å². The number of nitrogens with zero attached hydrogens (tertiary/aromatic N) is 2. The number of rotatable bonds is 5. The van der Waals surface area contributed by atoms with Crippen molar-refractivity contribution < 1.29 is 14.3 Å². The number of nitrogens with one attached hydrogen (secondary N) is 2. The molecule has 7 nitrogen and oxygen atoms in total. The van der Waals surface area contributed by atoms with Gasteiger partial charge in [-0.15, -0.1) is 0 Å². The third kappa shape index (κ3) is 5.09. The first-order valence-electron chi connectivity index (χ1n) is 11.0. The molecule has 1 aromatic heterocycles. The molecule has 174 valence electrons. The fraction of sp³-hybridized carbons (Fsp3) is 0.222. The first kappa shape index (κ1) is 23.0. The largest absolute Gasteiger partial charge is 0.495 e. The number of anilines is 2. The van der Waals surface area contributed by atoms with Crippen molar-refractivity contribution in [1.82, 2.24) is 9.97 Å². The number of aryl methyl sites for hydroxylation is 1. The highest BCUT2D eigenvalue weighted by molar-refractivity contribution is 6.08. The average molecular weight is 457 g/mol. The summed E-state index contributed by atoms with van der Waals surface area (Å²) in [5, 5.41) is 7.58. The van der Waals surface area contributed by atoms with Gasteiger partial charge in [-0.2, -0.15) is 4.98 Å². The monoisotopic (exact) mass is 456 g/mol. The van der Waals surface area contributed by atoms with Crippen molar-refractivity contribution in [2.45, 2.75) is 33.1 Å². The van der Waals surface area contributed by atoms with Crippen molar-refractivity contribution in [1.29, 1.82) is 0 Å². The van der Waals surface area contributed by atoms with Gasteiger partial charge in [-0.1, -0.05) is 51.1 Å². The van der Waals surface area contributed by atoms with E-state index in [1.165, 1.54) is 0 Å². The van der Waals surface area contributed by atoms with Gasteiger partial charge in [-0.3, -0.25) is 0 Å². The van der Waals surface area contributed by atoms with Crippen LogP contribution in [0.1, 0.15) is 32.2 Å². The number of hydrogen-bond donors (Lipinski definition) is 2. The van der Waals surface area contributed by atoms with Crippen molar-refractivity contribution in [3.8, 4) is 17.4 Å². The molecule has 34 heavy (non-hydrogen) atoms. The zero-order valence-corrected chi connectivity index (χ0v) is 20.0. The van der Waals surface area contributed by atoms with Crippen LogP contribution in [0, 0.1) is 6.92 Å². The molecule has 7 heteroatoms. The van der Waals surface area contributed by atoms with E-state index in [1.807, 2.05) is 61.5 Å². The van der Waals surface area contributed by atoms with E-state index in [0.29, 0.717) is 34.6 Å². The van der Waals surface area contributed by atoms with E-state index in [-0.39, 0.29) is 11.4 Å². The Hall–Kier alpha value is -4.13. The maximum atomic E-state index is 12.9. The Labute approximate surface area is 199 Å². The Balaban J connectivity index is 1.60. The lowest BCUT2D eigenvalue weighted by Crippen LogP contribution is -2.21. The van der Waals surface area contributed by atoms with Crippen LogP contribution in [0.15, 0.2) is 66.9 Å². The Morgan fingerprint density at radius 2 is 1.59 bits per heavy atom. The quantitative estimate of drug-likeness (QED) is 0.350. The molecule has 3 aromatic carbocycles. The van der Waals surface area contributed by atoms with Crippen LogP contribution in [-0.4, -0.2) is 23.1 Å². The third-order valence-electron chi connectivity index (χ3n) is 5.41. The van der Waals surface area contributed by atoms with E-state index < -0.39 is 0 Å². The molecule has 4 rings (SSSR count). The highest BCUT2D eigenvalue weighted by Crippen LogP contribution is 2.35. The molecule has 0 saturated heterocycles. The molecule has 1 heterocycles. The maximum Gasteiger partial charge on any atom is 0.323 e. The van der Waals surface area contributed by atoms with Crippen LogP contribution in [-0.2, 0) is 5.41 Å². The number of fused-ring (bicyclic) bond motifs is 1. The maximum absolute atomic E-state index is 12.9. The summed E-state index contributed by atoms with van der Waals surface area (Å²) >= 11 is 0. The van der Waals surface area contributed by atoms with Gasteiger partial charge in [0.05, 0.1) is 18.5 Å². The second kappa shape index (κ2) is 9.39. The predicted molar refractivity (Wildman–Crippen MR) is 135 cm³/mol. The molecule has 0 unspecified atom stereocenters. The molecule has 0 spiro atoms. The van der Waals surface area contributed by atoms with Gasteiger partial charge in [0.2, 0.25) is 5.88 Å². The summed E-state index contributed by atoms with van der Waals surface area (Å²) in [6, 6.07) is 18.5. The predicted octanol–water partition coefficient (Wildman–Crippen LogP) is 6.68. The molecule has 0 aliphatic rings. The summed E-state index contributed by atoms with van der Waals surface area (Å²) in [7, 11) is 1.58. The van der Waals surface area contributed by atoms with E-state index in [9.17, 15) is 4.79 Å². The summed E-state index contributed by atoms with van der Waals surface area (Å²) in [5.74, 6) is 2.32. The summed E-state index contributed by atoms with van der Waals surface area (Å²) in [5.41, 5.74) is 2.30. The summed E-state index contributed by atoms with van der Waals surface area (Å²) in [6.45, 7) is 8.18. The molecule has 0 radical (unpaired) electrons. The van der Waals surface area contributed by atoms with Crippen molar-refractivity contribution in [2.24, 2.45) is 0 Å². The topological polar surface area (TPSA) is 85.4 Å². The summed E-state index contributed by atoms with van der Waals surface area (Å²) in [6.07, 6.45) is 1.66. The minimum Gasteiger partial charge on any atom is -0.495 e. The SMILES string of the molecule is COc1ccc(C(C)(C)C)cc1NC(=O)Nc1ccc(Oc2ccnc(C)n2)c2ccccc12. The fourth-order valence-electron chi connectivity index (χ4n) is 3.62. The highest BCUT2D eigenvalue weighted by atomic mass is 16.5. The number of carbonyl (C=O) groups is 1. The third-order valence-corrected chi connectivity index (χ3v) is 5.41. The molecule has 0 saturated carbocycles. The molecular formula is C27H28N4O3. The number of amides is 2. The highest BCUT2D eigenvalue weighted by Gasteiger charge is 2.17. The molecule has 2 N–H and O–H groups in total. The molecular weight excluding hydrogens is 428 g/mol. The van der Waals surface area contributed by atoms with Crippen molar-refractivity contribution in [2.75, 3.05) is 17.7 Å². The lowest BCUT2D eigenvalue weighted by molar-refractivity contribution is 0.262. The Bertz CT molecular complexity index is 1350. The van der Waals surface area contributed by atoms with Crippen LogP contribution >= 0.6 is 0 Å². The van der Waals surface area contributed by atoms with E-state index in [0.717, 1.165) is 16.3 Å². The molecule has 0 bridgehead atoms. The second-order valence-electron chi connectivity index (χ2n) is 8.95. The van der Waals surface area contributed by atoms with Gasteiger partial charge in [0, 0.05) is 23.0 Å². The summed E-state index contributed by atoms with van der Waals surface area (Å²) in [4.78, 5) is 21.4.